The Morgan fingerprint density at radius 3 is 1.75 bits per heavy atom. The third-order valence-electron chi connectivity index (χ3n) is 6.19. The summed E-state index contributed by atoms with van der Waals surface area (Å²) in [7, 11) is 0. The highest BCUT2D eigenvalue weighted by atomic mass is 16.7. The lowest BCUT2D eigenvalue weighted by Gasteiger charge is -2.29. The van der Waals surface area contributed by atoms with E-state index in [0.717, 1.165) is 16.7 Å². The minimum absolute atomic E-state index is 0.342. The van der Waals surface area contributed by atoms with E-state index < -0.39 is 23.9 Å². The number of benzene rings is 3. The highest BCUT2D eigenvalue weighted by molar-refractivity contribution is 5.24. The summed E-state index contributed by atoms with van der Waals surface area (Å²) in [6, 6.07) is 30.0. The summed E-state index contributed by atoms with van der Waals surface area (Å²) in [4.78, 5) is 0. The average Bonchev–Trinajstić information content (AvgIpc) is 3.53. The summed E-state index contributed by atoms with van der Waals surface area (Å²) in [6.45, 7) is 1.64. The van der Waals surface area contributed by atoms with Gasteiger partial charge in [0.15, 0.2) is 0 Å². The van der Waals surface area contributed by atoms with E-state index in [4.69, 9.17) is 18.9 Å². The number of ether oxygens (including phenoxy) is 4. The summed E-state index contributed by atoms with van der Waals surface area (Å²) in [5.74, 6) is 0. The molecular weight excluding hydrogens is 404 g/mol. The summed E-state index contributed by atoms with van der Waals surface area (Å²) in [5.41, 5.74) is 2.52. The van der Waals surface area contributed by atoms with Crippen molar-refractivity contribution in [2.24, 2.45) is 0 Å². The van der Waals surface area contributed by atoms with Crippen molar-refractivity contribution in [3.63, 3.8) is 0 Å². The van der Waals surface area contributed by atoms with Crippen molar-refractivity contribution in [3.8, 4) is 0 Å². The predicted octanol–water partition coefficient (Wildman–Crippen LogP) is 3.89. The number of hydrogen-bond acceptors (Lipinski definition) is 5. The monoisotopic (exact) mass is 432 g/mol. The summed E-state index contributed by atoms with van der Waals surface area (Å²) in [5, 5.41) is 10.9. The molecule has 3 aromatic rings. The Morgan fingerprint density at radius 1 is 0.688 bits per heavy atom. The minimum atomic E-state index is -0.764. The smallest absolute Gasteiger partial charge is 0.149 e. The van der Waals surface area contributed by atoms with E-state index in [1.165, 1.54) is 0 Å². The molecule has 2 aliphatic rings. The largest absolute Gasteiger partial charge is 0.387 e. The zero-order valence-electron chi connectivity index (χ0n) is 17.9. The molecule has 1 aliphatic heterocycles. The molecule has 1 aliphatic carbocycles. The van der Waals surface area contributed by atoms with Crippen molar-refractivity contribution in [1.29, 1.82) is 0 Å². The third kappa shape index (κ3) is 4.49. The van der Waals surface area contributed by atoms with Gasteiger partial charge >= 0.3 is 0 Å². The Bertz CT molecular complexity index is 981. The van der Waals surface area contributed by atoms with Crippen molar-refractivity contribution in [3.05, 3.63) is 108 Å². The van der Waals surface area contributed by atoms with E-state index in [1.54, 1.807) is 0 Å². The predicted molar refractivity (Wildman–Crippen MR) is 120 cm³/mol. The highest BCUT2D eigenvalue weighted by Gasteiger charge is 2.75. The molecule has 0 bridgehead atoms. The van der Waals surface area contributed by atoms with Crippen molar-refractivity contribution in [2.75, 3.05) is 6.61 Å². The van der Waals surface area contributed by atoms with Gasteiger partial charge in [0.25, 0.3) is 0 Å². The van der Waals surface area contributed by atoms with Crippen molar-refractivity contribution in [2.45, 2.75) is 49.8 Å². The fourth-order valence-corrected chi connectivity index (χ4v) is 4.47. The molecule has 1 N–H and O–H groups in total. The van der Waals surface area contributed by atoms with Crippen LogP contribution in [0.15, 0.2) is 91.0 Å². The zero-order valence-corrected chi connectivity index (χ0v) is 17.9. The number of epoxide rings is 1. The molecule has 5 rings (SSSR count). The van der Waals surface area contributed by atoms with Crippen LogP contribution in [0.3, 0.4) is 0 Å². The molecule has 0 amide bonds. The Labute approximate surface area is 188 Å². The molecule has 2 fully saturated rings. The minimum Gasteiger partial charge on any atom is -0.387 e. The SMILES string of the molecule is O[C@H]1[C@@H](OCc2ccccc2)[C@H](OCc2ccccc2)[C@@]2(COCc3ccccc3)O[C@@H]12. The van der Waals surface area contributed by atoms with Gasteiger partial charge in [-0.1, -0.05) is 91.0 Å². The van der Waals surface area contributed by atoms with E-state index in [-0.39, 0.29) is 6.10 Å². The van der Waals surface area contributed by atoms with Gasteiger partial charge in [0, 0.05) is 0 Å². The van der Waals surface area contributed by atoms with Crippen molar-refractivity contribution in [1.82, 2.24) is 0 Å². The maximum atomic E-state index is 10.9. The maximum absolute atomic E-state index is 10.9. The van der Waals surface area contributed by atoms with Crippen LogP contribution >= 0.6 is 0 Å². The van der Waals surface area contributed by atoms with Gasteiger partial charge in [-0.05, 0) is 16.7 Å². The molecule has 166 valence electrons. The van der Waals surface area contributed by atoms with Gasteiger partial charge in [0.2, 0.25) is 0 Å². The second-order valence-corrected chi connectivity index (χ2v) is 8.44. The van der Waals surface area contributed by atoms with Gasteiger partial charge in [-0.25, -0.2) is 0 Å². The highest BCUT2D eigenvalue weighted by Crippen LogP contribution is 2.53. The molecule has 0 spiro atoms. The average molecular weight is 433 g/mol. The lowest BCUT2D eigenvalue weighted by atomic mass is 10.1. The summed E-state index contributed by atoms with van der Waals surface area (Å²) < 4.78 is 24.5. The molecule has 32 heavy (non-hydrogen) atoms. The second-order valence-electron chi connectivity index (χ2n) is 8.44. The summed E-state index contributed by atoms with van der Waals surface area (Å²) in [6.07, 6.45) is -2.03. The van der Waals surface area contributed by atoms with E-state index in [2.05, 4.69) is 0 Å². The van der Waals surface area contributed by atoms with Gasteiger partial charge in [-0.3, -0.25) is 0 Å². The first-order valence-corrected chi connectivity index (χ1v) is 11.0. The molecule has 3 aromatic carbocycles. The van der Waals surface area contributed by atoms with Crippen LogP contribution in [0, 0.1) is 0 Å². The van der Waals surface area contributed by atoms with E-state index in [1.807, 2.05) is 91.0 Å². The normalized spacial score (nSPS) is 28.4. The molecule has 5 nitrogen and oxygen atoms in total. The zero-order chi connectivity index (χ0) is 21.8. The van der Waals surface area contributed by atoms with Gasteiger partial charge in [-0.2, -0.15) is 0 Å². The van der Waals surface area contributed by atoms with Crippen LogP contribution in [-0.2, 0) is 38.8 Å². The van der Waals surface area contributed by atoms with Crippen LogP contribution in [0.4, 0.5) is 0 Å². The van der Waals surface area contributed by atoms with Crippen LogP contribution in [0.25, 0.3) is 0 Å². The molecule has 1 saturated heterocycles. The molecule has 0 radical (unpaired) electrons. The lowest BCUT2D eigenvalue weighted by molar-refractivity contribution is -0.155. The fourth-order valence-electron chi connectivity index (χ4n) is 4.47. The van der Waals surface area contributed by atoms with E-state index in [0.29, 0.717) is 26.4 Å². The topological polar surface area (TPSA) is 60.5 Å². The van der Waals surface area contributed by atoms with Crippen LogP contribution in [0.2, 0.25) is 0 Å². The van der Waals surface area contributed by atoms with Crippen LogP contribution in [0.1, 0.15) is 16.7 Å². The maximum Gasteiger partial charge on any atom is 0.149 e. The number of aliphatic hydroxyl groups excluding tert-OH is 1. The molecular formula is C27H28O5. The first-order valence-electron chi connectivity index (χ1n) is 11.0. The summed E-state index contributed by atoms with van der Waals surface area (Å²) >= 11 is 0. The van der Waals surface area contributed by atoms with Gasteiger partial charge < -0.3 is 24.1 Å². The van der Waals surface area contributed by atoms with Gasteiger partial charge in [0.05, 0.1) is 26.4 Å². The van der Waals surface area contributed by atoms with E-state index >= 15 is 0 Å². The van der Waals surface area contributed by atoms with Crippen LogP contribution in [-0.4, -0.2) is 41.7 Å². The number of hydrogen-bond donors (Lipinski definition) is 1. The Morgan fingerprint density at radius 2 is 1.19 bits per heavy atom. The van der Waals surface area contributed by atoms with Gasteiger partial charge in [-0.15, -0.1) is 0 Å². The lowest BCUT2D eigenvalue weighted by Crippen LogP contribution is -2.44. The molecule has 5 heteroatoms. The van der Waals surface area contributed by atoms with Crippen molar-refractivity contribution >= 4 is 0 Å². The fraction of sp³-hybridized carbons (Fsp3) is 0.333. The quantitative estimate of drug-likeness (QED) is 0.493. The standard InChI is InChI=1S/C27H28O5/c28-23-24(30-17-21-12-6-2-7-13-21)26(31-18-22-14-8-3-9-15-22)27(25(23)32-27)19-29-16-20-10-4-1-5-11-20/h1-15,23-26,28H,16-19H2/t23-,24+,25-,26-,27-/m0/s1. The molecule has 0 aromatic heterocycles. The Balaban J connectivity index is 1.28. The molecule has 0 unspecified atom stereocenters. The van der Waals surface area contributed by atoms with Crippen LogP contribution < -0.4 is 0 Å². The van der Waals surface area contributed by atoms with E-state index in [9.17, 15) is 5.11 Å². The second kappa shape index (κ2) is 9.53. The molecule has 5 atom stereocenters. The Hall–Kier alpha value is -2.54. The van der Waals surface area contributed by atoms with Gasteiger partial charge in [0.1, 0.15) is 30.0 Å². The number of rotatable bonds is 10. The molecule has 1 saturated carbocycles. The van der Waals surface area contributed by atoms with Crippen LogP contribution in [0.5, 0.6) is 0 Å². The first-order chi connectivity index (χ1) is 15.8. The van der Waals surface area contributed by atoms with Crippen molar-refractivity contribution < 1.29 is 24.1 Å². The molecule has 1 heterocycles. The number of fused-ring (bicyclic) bond motifs is 1. The Kier molecular flexibility index (Phi) is 6.35. The number of aliphatic hydroxyl groups is 1. The third-order valence-corrected chi connectivity index (χ3v) is 6.19. The first kappa shape index (κ1) is 21.3.